The highest BCUT2D eigenvalue weighted by Gasteiger charge is 2.32. The molecule has 0 unspecified atom stereocenters. The number of rotatable bonds is 3. The van der Waals surface area contributed by atoms with Crippen LogP contribution in [0.25, 0.3) is 0 Å². The summed E-state index contributed by atoms with van der Waals surface area (Å²) in [5, 5.41) is 7.23. The molecule has 1 heterocycles. The van der Waals surface area contributed by atoms with Crippen molar-refractivity contribution in [3.8, 4) is 0 Å². The van der Waals surface area contributed by atoms with Crippen LogP contribution >= 0.6 is 27.5 Å². The Bertz CT molecular complexity index is 972. The number of hydrogen-bond acceptors (Lipinski definition) is 2. The molecular weight excluding hydrogens is 415 g/mol. The van der Waals surface area contributed by atoms with E-state index in [-0.39, 0.29) is 11.9 Å². The third kappa shape index (κ3) is 3.27. The van der Waals surface area contributed by atoms with Gasteiger partial charge in [0, 0.05) is 16.5 Å². The van der Waals surface area contributed by atoms with E-state index in [1.807, 2.05) is 65.7 Å². The Labute approximate surface area is 165 Å². The zero-order valence-corrected chi connectivity index (χ0v) is 16.1. The molecule has 130 valence electrons. The number of benzene rings is 3. The molecule has 5 heteroatoms. The maximum atomic E-state index is 14.5. The Kier molecular flexibility index (Phi) is 4.79. The first-order valence-electron chi connectivity index (χ1n) is 8.25. The fraction of sp³-hybridized carbons (Fsp3) is 0.0952. The highest BCUT2D eigenvalue weighted by molar-refractivity contribution is 9.10. The lowest BCUT2D eigenvalue weighted by Gasteiger charge is -2.25. The smallest absolute Gasteiger partial charge is 0.128 e. The lowest BCUT2D eigenvalue weighted by molar-refractivity contribution is 0.579. The van der Waals surface area contributed by atoms with Gasteiger partial charge in [0.15, 0.2) is 0 Å². The summed E-state index contributed by atoms with van der Waals surface area (Å²) in [6, 6.07) is 22.1. The molecule has 0 aromatic heterocycles. The zero-order chi connectivity index (χ0) is 18.1. The van der Waals surface area contributed by atoms with Crippen molar-refractivity contribution in [2.75, 3.05) is 5.01 Å². The van der Waals surface area contributed by atoms with Crippen molar-refractivity contribution >= 4 is 38.9 Å². The number of nitrogens with zero attached hydrogens (tertiary/aromatic N) is 2. The molecule has 0 fully saturated rings. The van der Waals surface area contributed by atoms with Gasteiger partial charge in [0.25, 0.3) is 0 Å². The van der Waals surface area contributed by atoms with E-state index in [4.69, 9.17) is 16.7 Å². The monoisotopic (exact) mass is 428 g/mol. The summed E-state index contributed by atoms with van der Waals surface area (Å²) in [5.74, 6) is -0.234. The zero-order valence-electron chi connectivity index (χ0n) is 13.7. The van der Waals surface area contributed by atoms with Gasteiger partial charge in [-0.1, -0.05) is 70.0 Å². The Hall–Kier alpha value is -2.17. The van der Waals surface area contributed by atoms with Gasteiger partial charge in [-0.25, -0.2) is 4.39 Å². The molecule has 0 bridgehead atoms. The standard InChI is InChI=1S/C21H15BrClFN2/c22-15-11-9-14(10-12-15)19-13-21(16-5-1-3-7-18(16)24)26(25-19)20-8-4-2-6-17(20)23/h1-12,21H,13H2/t21-/m0/s1. The second kappa shape index (κ2) is 7.22. The molecule has 3 aromatic carbocycles. The van der Waals surface area contributed by atoms with Crippen LogP contribution in [0.2, 0.25) is 5.02 Å². The van der Waals surface area contributed by atoms with Crippen molar-refractivity contribution in [1.29, 1.82) is 0 Å². The molecule has 4 rings (SSSR count). The molecule has 0 amide bonds. The third-order valence-corrected chi connectivity index (χ3v) is 5.30. The molecule has 26 heavy (non-hydrogen) atoms. The second-order valence-corrected chi connectivity index (χ2v) is 7.41. The third-order valence-electron chi connectivity index (χ3n) is 4.45. The van der Waals surface area contributed by atoms with Crippen LogP contribution in [-0.2, 0) is 0 Å². The van der Waals surface area contributed by atoms with E-state index in [0.29, 0.717) is 17.0 Å². The lowest BCUT2D eigenvalue weighted by Crippen LogP contribution is -2.19. The summed E-state index contributed by atoms with van der Waals surface area (Å²) in [7, 11) is 0. The van der Waals surface area contributed by atoms with Crippen LogP contribution in [0, 0.1) is 5.82 Å². The van der Waals surface area contributed by atoms with Crippen LogP contribution < -0.4 is 5.01 Å². The van der Waals surface area contributed by atoms with Crippen molar-refractivity contribution in [2.24, 2.45) is 5.10 Å². The first kappa shape index (κ1) is 17.3. The van der Waals surface area contributed by atoms with E-state index in [0.717, 1.165) is 21.4 Å². The molecule has 1 aliphatic rings. The van der Waals surface area contributed by atoms with Gasteiger partial charge in [-0.3, -0.25) is 5.01 Å². The predicted molar refractivity (Wildman–Crippen MR) is 108 cm³/mol. The maximum Gasteiger partial charge on any atom is 0.128 e. The summed E-state index contributed by atoms with van der Waals surface area (Å²) >= 11 is 9.85. The Morgan fingerprint density at radius 2 is 1.65 bits per heavy atom. The topological polar surface area (TPSA) is 15.6 Å². The van der Waals surface area contributed by atoms with Crippen molar-refractivity contribution in [2.45, 2.75) is 12.5 Å². The van der Waals surface area contributed by atoms with Gasteiger partial charge in [-0.2, -0.15) is 5.10 Å². The Morgan fingerprint density at radius 3 is 2.38 bits per heavy atom. The second-order valence-electron chi connectivity index (χ2n) is 6.09. The number of anilines is 1. The largest absolute Gasteiger partial charge is 0.256 e. The van der Waals surface area contributed by atoms with Gasteiger partial charge in [0.2, 0.25) is 0 Å². The molecule has 0 radical (unpaired) electrons. The maximum absolute atomic E-state index is 14.5. The minimum absolute atomic E-state index is 0.234. The Balaban J connectivity index is 1.80. The van der Waals surface area contributed by atoms with E-state index >= 15 is 0 Å². The molecule has 0 N–H and O–H groups in total. The van der Waals surface area contributed by atoms with E-state index in [9.17, 15) is 4.39 Å². The highest BCUT2D eigenvalue weighted by Crippen LogP contribution is 2.40. The average molecular weight is 430 g/mol. The first-order chi connectivity index (χ1) is 12.6. The summed E-state index contributed by atoms with van der Waals surface area (Å²) in [4.78, 5) is 0. The minimum Gasteiger partial charge on any atom is -0.256 e. The van der Waals surface area contributed by atoms with Crippen LogP contribution in [0.15, 0.2) is 82.4 Å². The van der Waals surface area contributed by atoms with Crippen LogP contribution in [0.1, 0.15) is 23.6 Å². The number of hydrogen-bond donors (Lipinski definition) is 0. The van der Waals surface area contributed by atoms with Gasteiger partial charge in [-0.15, -0.1) is 0 Å². The quantitative estimate of drug-likeness (QED) is 0.458. The molecule has 1 aliphatic heterocycles. The van der Waals surface area contributed by atoms with Crippen molar-refractivity contribution in [3.05, 3.63) is 99.2 Å². The number of halogens is 3. The predicted octanol–water partition coefficient (Wildman–Crippen LogP) is 6.60. The van der Waals surface area contributed by atoms with Crippen LogP contribution in [0.3, 0.4) is 0 Å². The van der Waals surface area contributed by atoms with Gasteiger partial charge < -0.3 is 0 Å². The van der Waals surface area contributed by atoms with Crippen LogP contribution in [0.5, 0.6) is 0 Å². The summed E-state index contributed by atoms with van der Waals surface area (Å²) in [5.41, 5.74) is 3.31. The van der Waals surface area contributed by atoms with E-state index < -0.39 is 0 Å². The van der Waals surface area contributed by atoms with E-state index in [2.05, 4.69) is 15.9 Å². The molecule has 0 saturated heterocycles. The molecule has 0 aliphatic carbocycles. The van der Waals surface area contributed by atoms with Gasteiger partial charge in [0.05, 0.1) is 22.5 Å². The fourth-order valence-electron chi connectivity index (χ4n) is 3.17. The normalized spacial score (nSPS) is 16.7. The molecule has 3 aromatic rings. The van der Waals surface area contributed by atoms with Gasteiger partial charge in [0.1, 0.15) is 5.82 Å². The van der Waals surface area contributed by atoms with Crippen molar-refractivity contribution < 1.29 is 4.39 Å². The minimum atomic E-state index is -0.241. The molecule has 2 nitrogen and oxygen atoms in total. The molecule has 1 atom stereocenters. The van der Waals surface area contributed by atoms with Gasteiger partial charge in [-0.05, 0) is 35.9 Å². The van der Waals surface area contributed by atoms with Crippen LogP contribution in [-0.4, -0.2) is 5.71 Å². The number of hydrazone groups is 1. The van der Waals surface area contributed by atoms with Gasteiger partial charge >= 0.3 is 0 Å². The SMILES string of the molecule is Fc1ccccc1[C@@H]1CC(c2ccc(Br)cc2)=NN1c1ccccc1Cl. The Morgan fingerprint density at radius 1 is 0.962 bits per heavy atom. The molecule has 0 spiro atoms. The molecular formula is C21H15BrClFN2. The summed E-state index contributed by atoms with van der Waals surface area (Å²) in [6.07, 6.45) is 0.605. The van der Waals surface area contributed by atoms with Crippen LogP contribution in [0.4, 0.5) is 10.1 Å². The average Bonchev–Trinajstić information content (AvgIpc) is 3.08. The summed E-state index contributed by atoms with van der Waals surface area (Å²) < 4.78 is 15.5. The fourth-order valence-corrected chi connectivity index (χ4v) is 3.66. The van der Waals surface area contributed by atoms with E-state index in [1.165, 1.54) is 6.07 Å². The number of para-hydroxylation sites is 1. The lowest BCUT2D eigenvalue weighted by atomic mass is 9.98. The molecule has 0 saturated carbocycles. The van der Waals surface area contributed by atoms with Crippen molar-refractivity contribution in [1.82, 2.24) is 0 Å². The first-order valence-corrected chi connectivity index (χ1v) is 9.42. The van der Waals surface area contributed by atoms with E-state index in [1.54, 1.807) is 6.07 Å². The highest BCUT2D eigenvalue weighted by atomic mass is 79.9. The summed E-state index contributed by atoms with van der Waals surface area (Å²) in [6.45, 7) is 0. The van der Waals surface area contributed by atoms with Crippen molar-refractivity contribution in [3.63, 3.8) is 0 Å².